The van der Waals surface area contributed by atoms with Gasteiger partial charge in [0.05, 0.1) is 12.0 Å². The van der Waals surface area contributed by atoms with Crippen LogP contribution in [0.1, 0.15) is 52.7 Å². The van der Waals surface area contributed by atoms with Gasteiger partial charge in [0.1, 0.15) is 17.5 Å². The summed E-state index contributed by atoms with van der Waals surface area (Å²) in [5, 5.41) is 0. The van der Waals surface area contributed by atoms with Crippen molar-refractivity contribution in [3.63, 3.8) is 0 Å². The lowest BCUT2D eigenvalue weighted by atomic mass is 9.83. The van der Waals surface area contributed by atoms with Crippen LogP contribution in [0.4, 0.5) is 0 Å². The fourth-order valence-corrected chi connectivity index (χ4v) is 4.51. The van der Waals surface area contributed by atoms with Crippen LogP contribution in [0.25, 0.3) is 0 Å². The average molecular weight is 391 g/mol. The van der Waals surface area contributed by atoms with Crippen LogP contribution < -0.4 is 4.74 Å². The summed E-state index contributed by atoms with van der Waals surface area (Å²) in [6.07, 6.45) is 2.74. The molecule has 1 aromatic carbocycles. The number of hydrogen-bond donors (Lipinski definition) is 0. The molecule has 0 bridgehead atoms. The lowest BCUT2D eigenvalue weighted by molar-refractivity contribution is -0.230. The van der Waals surface area contributed by atoms with Crippen LogP contribution in [-0.2, 0) is 14.0 Å². The van der Waals surface area contributed by atoms with Gasteiger partial charge in [0, 0.05) is 5.56 Å². The molecule has 0 aromatic heterocycles. The predicted octanol–water partition coefficient (Wildman–Crippen LogP) is 5.66. The predicted molar refractivity (Wildman–Crippen MR) is 111 cm³/mol. The molecule has 4 nitrogen and oxygen atoms in total. The highest BCUT2D eigenvalue weighted by molar-refractivity contribution is 6.69. The molecule has 5 heteroatoms. The molecule has 2 unspecified atom stereocenters. The van der Waals surface area contributed by atoms with E-state index in [1.165, 1.54) is 5.57 Å². The molecular weight excluding hydrogens is 356 g/mol. The Morgan fingerprint density at radius 2 is 1.89 bits per heavy atom. The van der Waals surface area contributed by atoms with Crippen LogP contribution in [0.3, 0.4) is 0 Å². The van der Waals surface area contributed by atoms with E-state index in [9.17, 15) is 4.79 Å². The molecule has 0 spiro atoms. The third-order valence-corrected chi connectivity index (χ3v) is 5.37. The number of allylic oxidation sites excluding steroid dienone is 1. The van der Waals surface area contributed by atoms with Crippen LogP contribution in [0.5, 0.6) is 5.75 Å². The fraction of sp³-hybridized carbons (Fsp3) is 0.591. The van der Waals surface area contributed by atoms with Gasteiger partial charge in [0.15, 0.2) is 8.32 Å². The third-order valence-electron chi connectivity index (χ3n) is 4.35. The molecule has 1 fully saturated rings. The van der Waals surface area contributed by atoms with Crippen molar-refractivity contribution in [2.75, 3.05) is 6.61 Å². The van der Waals surface area contributed by atoms with E-state index in [2.05, 4.69) is 39.6 Å². The van der Waals surface area contributed by atoms with E-state index < -0.39 is 19.3 Å². The normalized spacial score (nSPS) is 22.7. The maximum Gasteiger partial charge on any atom is 0.316 e. The first-order valence-corrected chi connectivity index (χ1v) is 13.0. The highest BCUT2D eigenvalue weighted by Gasteiger charge is 2.52. The topological polar surface area (TPSA) is 44.8 Å². The first-order valence-electron chi connectivity index (χ1n) is 9.60. The minimum Gasteiger partial charge on any atom is -0.426 e. The quantitative estimate of drug-likeness (QED) is 0.272. The Kier molecular flexibility index (Phi) is 6.39. The van der Waals surface area contributed by atoms with Gasteiger partial charge in [-0.05, 0) is 66.7 Å². The summed E-state index contributed by atoms with van der Waals surface area (Å²) in [7, 11) is -1.81. The Morgan fingerprint density at radius 3 is 2.37 bits per heavy atom. The Bertz CT molecular complexity index is 708. The van der Waals surface area contributed by atoms with Gasteiger partial charge in [-0.15, -0.1) is 0 Å². The average Bonchev–Trinajstić information content (AvgIpc) is 2.50. The van der Waals surface area contributed by atoms with E-state index in [-0.39, 0.29) is 12.1 Å². The third kappa shape index (κ3) is 5.53. The summed E-state index contributed by atoms with van der Waals surface area (Å²) in [5.41, 5.74) is 1.15. The number of rotatable bonds is 6. The van der Waals surface area contributed by atoms with E-state index in [1.54, 1.807) is 0 Å². The van der Waals surface area contributed by atoms with Gasteiger partial charge in [-0.25, -0.2) is 0 Å². The minimum atomic E-state index is -1.81. The number of esters is 1. The van der Waals surface area contributed by atoms with Gasteiger partial charge in [-0.3, -0.25) is 4.79 Å². The number of carbonyl (C=O) groups is 1. The van der Waals surface area contributed by atoms with Crippen LogP contribution in [0.2, 0.25) is 19.6 Å². The van der Waals surface area contributed by atoms with Crippen molar-refractivity contribution in [2.45, 2.75) is 72.4 Å². The van der Waals surface area contributed by atoms with Crippen molar-refractivity contribution in [3.05, 3.63) is 41.5 Å². The molecule has 1 aromatic rings. The maximum absolute atomic E-state index is 12.4. The molecule has 0 radical (unpaired) electrons. The minimum absolute atomic E-state index is 0.246. The molecule has 2 rings (SSSR count). The van der Waals surface area contributed by atoms with Crippen molar-refractivity contribution < 1.29 is 18.7 Å². The number of carbonyl (C=O) groups excluding carboxylic acids is 1. The summed E-state index contributed by atoms with van der Waals surface area (Å²) in [6.45, 7) is 16.9. The Labute approximate surface area is 165 Å². The summed E-state index contributed by atoms with van der Waals surface area (Å²) in [6, 6.07) is 7.64. The summed E-state index contributed by atoms with van der Waals surface area (Å²) >= 11 is 0. The second kappa shape index (κ2) is 7.90. The molecule has 0 N–H and O–H groups in total. The Balaban J connectivity index is 2.38. The summed E-state index contributed by atoms with van der Waals surface area (Å²) < 4.78 is 18.4. The zero-order valence-electron chi connectivity index (χ0n) is 18.0. The van der Waals surface area contributed by atoms with Gasteiger partial charge in [0.25, 0.3) is 0 Å². The molecule has 1 aliphatic rings. The zero-order chi connectivity index (χ0) is 20.5. The second-order valence-electron chi connectivity index (χ2n) is 9.63. The molecule has 0 saturated carbocycles. The molecule has 0 aliphatic carbocycles. The second-order valence-corrected chi connectivity index (χ2v) is 14.1. The number of ether oxygens (including phenoxy) is 2. The highest BCUT2D eigenvalue weighted by atomic mass is 28.4. The van der Waals surface area contributed by atoms with Crippen molar-refractivity contribution >= 4 is 14.3 Å². The fourth-order valence-electron chi connectivity index (χ4n) is 3.05. The monoisotopic (exact) mass is 390 g/mol. The van der Waals surface area contributed by atoms with Crippen molar-refractivity contribution in [3.8, 4) is 5.75 Å². The number of para-hydroxylation sites is 1. The molecule has 1 heterocycles. The van der Waals surface area contributed by atoms with Crippen LogP contribution >= 0.6 is 0 Å². The molecule has 1 saturated heterocycles. The molecule has 0 amide bonds. The molecule has 1 aliphatic heterocycles. The van der Waals surface area contributed by atoms with Crippen molar-refractivity contribution in [1.29, 1.82) is 0 Å². The number of hydrogen-bond acceptors (Lipinski definition) is 4. The van der Waals surface area contributed by atoms with Crippen LogP contribution in [0, 0.1) is 5.41 Å². The van der Waals surface area contributed by atoms with Crippen molar-refractivity contribution in [1.82, 2.24) is 0 Å². The standard InChI is InChI=1S/C22H34O4Si/c1-16(2)13-14-22(26-27(6,7)8)15-24-19(22)17-11-9-10-12-18(17)25-20(23)21(3,4)5/h9-13,19H,14-15H2,1-8H3. The van der Waals surface area contributed by atoms with Gasteiger partial charge < -0.3 is 13.9 Å². The number of benzene rings is 1. The van der Waals surface area contributed by atoms with E-state index in [4.69, 9.17) is 13.9 Å². The maximum atomic E-state index is 12.4. The Morgan fingerprint density at radius 1 is 1.26 bits per heavy atom. The van der Waals surface area contributed by atoms with E-state index in [1.807, 2.05) is 45.0 Å². The molecule has 150 valence electrons. The lowest BCUT2D eigenvalue weighted by Crippen LogP contribution is -2.58. The SMILES string of the molecule is CC(C)=CCC1(O[Si](C)(C)C)COC1c1ccccc1OC(=O)C(C)(C)C. The largest absolute Gasteiger partial charge is 0.426 e. The van der Waals surface area contributed by atoms with Gasteiger partial charge >= 0.3 is 5.97 Å². The lowest BCUT2D eigenvalue weighted by Gasteiger charge is -2.52. The van der Waals surface area contributed by atoms with Gasteiger partial charge in [0.2, 0.25) is 0 Å². The van der Waals surface area contributed by atoms with E-state index in [0.29, 0.717) is 12.4 Å². The first kappa shape index (κ1) is 21.9. The zero-order valence-corrected chi connectivity index (χ0v) is 19.0. The van der Waals surface area contributed by atoms with Gasteiger partial charge in [-0.1, -0.05) is 29.8 Å². The highest BCUT2D eigenvalue weighted by Crippen LogP contribution is 2.49. The summed E-state index contributed by atoms with van der Waals surface area (Å²) in [4.78, 5) is 12.4. The molecule has 2 atom stereocenters. The van der Waals surface area contributed by atoms with Gasteiger partial charge in [-0.2, -0.15) is 0 Å². The first-order chi connectivity index (χ1) is 12.3. The van der Waals surface area contributed by atoms with Crippen LogP contribution in [0.15, 0.2) is 35.9 Å². The van der Waals surface area contributed by atoms with E-state index in [0.717, 1.165) is 12.0 Å². The van der Waals surface area contributed by atoms with Crippen molar-refractivity contribution in [2.24, 2.45) is 5.41 Å². The smallest absolute Gasteiger partial charge is 0.316 e. The summed E-state index contributed by atoms with van der Waals surface area (Å²) in [5.74, 6) is 0.304. The molecule has 27 heavy (non-hydrogen) atoms. The van der Waals surface area contributed by atoms with E-state index >= 15 is 0 Å². The molecular formula is C22H34O4Si. The van der Waals surface area contributed by atoms with Crippen LogP contribution in [-0.4, -0.2) is 26.5 Å². The Hall–Kier alpha value is -1.43.